The van der Waals surface area contributed by atoms with E-state index in [-0.39, 0.29) is 7.43 Å². The first-order valence-corrected chi connectivity index (χ1v) is 4.83. The van der Waals surface area contributed by atoms with Crippen molar-refractivity contribution >= 4 is 0 Å². The van der Waals surface area contributed by atoms with Crippen molar-refractivity contribution in [2.24, 2.45) is 5.92 Å². The maximum Gasteiger partial charge on any atom is -0.0279 e. The summed E-state index contributed by atoms with van der Waals surface area (Å²) in [6.45, 7) is 4.57. The van der Waals surface area contributed by atoms with Crippen molar-refractivity contribution in [1.82, 2.24) is 0 Å². The van der Waals surface area contributed by atoms with Crippen LogP contribution in [0.5, 0.6) is 0 Å². The highest BCUT2D eigenvalue weighted by Crippen LogP contribution is 2.09. The minimum Gasteiger partial charge on any atom is -0.0776 e. The van der Waals surface area contributed by atoms with Crippen LogP contribution in [0.4, 0.5) is 0 Å². The zero-order valence-corrected chi connectivity index (χ0v) is 8.09. The molecule has 0 amide bonds. The van der Waals surface area contributed by atoms with E-state index in [0.717, 1.165) is 5.92 Å². The highest BCUT2D eigenvalue weighted by Gasteiger charge is 1.94. The molecular formula is C13H22. The fourth-order valence-electron chi connectivity index (χ4n) is 1.36. The summed E-state index contributed by atoms with van der Waals surface area (Å²) in [4.78, 5) is 0. The lowest BCUT2D eigenvalue weighted by Crippen LogP contribution is -1.90. The van der Waals surface area contributed by atoms with Crippen molar-refractivity contribution in [2.75, 3.05) is 0 Å². The number of hydrogen-bond donors (Lipinski definition) is 0. The minimum atomic E-state index is 0. The molecule has 0 aliphatic heterocycles. The predicted octanol–water partition coefficient (Wildman–Crippen LogP) is 4.30. The van der Waals surface area contributed by atoms with E-state index in [2.05, 4.69) is 44.2 Å². The summed E-state index contributed by atoms with van der Waals surface area (Å²) in [6, 6.07) is 10.7. The first-order chi connectivity index (χ1) is 5.79. The Hall–Kier alpha value is -0.780. The van der Waals surface area contributed by atoms with E-state index in [1.807, 2.05) is 0 Å². The Bertz CT molecular complexity index is 199. The molecule has 0 bridgehead atoms. The third-order valence-electron chi connectivity index (χ3n) is 2.09. The fraction of sp³-hybridized carbons (Fsp3) is 0.538. The van der Waals surface area contributed by atoms with E-state index < -0.39 is 0 Å². The van der Waals surface area contributed by atoms with Gasteiger partial charge in [0.1, 0.15) is 0 Å². The van der Waals surface area contributed by atoms with Gasteiger partial charge in [-0.1, -0.05) is 58.0 Å². The van der Waals surface area contributed by atoms with E-state index in [0.29, 0.717) is 0 Å². The summed E-state index contributed by atoms with van der Waals surface area (Å²) in [5.41, 5.74) is 1.47. The Balaban J connectivity index is 0.00000144. The molecule has 74 valence electrons. The van der Waals surface area contributed by atoms with Gasteiger partial charge in [-0.3, -0.25) is 0 Å². The third-order valence-corrected chi connectivity index (χ3v) is 2.09. The fourth-order valence-corrected chi connectivity index (χ4v) is 1.36. The zero-order chi connectivity index (χ0) is 8.81. The van der Waals surface area contributed by atoms with Crippen LogP contribution in [0.15, 0.2) is 30.3 Å². The average molecular weight is 178 g/mol. The average Bonchev–Trinajstić information content (AvgIpc) is 2.05. The monoisotopic (exact) mass is 178 g/mol. The lowest BCUT2D eigenvalue weighted by molar-refractivity contribution is 0.556. The summed E-state index contributed by atoms with van der Waals surface area (Å²) >= 11 is 0. The van der Waals surface area contributed by atoms with Gasteiger partial charge in [0.15, 0.2) is 0 Å². The molecule has 0 aliphatic carbocycles. The molecule has 0 radical (unpaired) electrons. The zero-order valence-electron chi connectivity index (χ0n) is 8.09. The third kappa shape index (κ3) is 5.46. The Morgan fingerprint density at radius 2 is 1.69 bits per heavy atom. The SMILES string of the molecule is C.CC(C)CCCc1ccccc1. The Kier molecular flexibility index (Phi) is 6.30. The molecule has 13 heavy (non-hydrogen) atoms. The number of benzene rings is 1. The molecule has 0 atom stereocenters. The van der Waals surface area contributed by atoms with Crippen LogP contribution < -0.4 is 0 Å². The van der Waals surface area contributed by atoms with E-state index in [9.17, 15) is 0 Å². The van der Waals surface area contributed by atoms with Crippen LogP contribution in [0, 0.1) is 5.92 Å². The van der Waals surface area contributed by atoms with Crippen molar-refractivity contribution in [3.8, 4) is 0 Å². The van der Waals surface area contributed by atoms with Gasteiger partial charge in [0, 0.05) is 0 Å². The molecule has 0 heterocycles. The molecule has 0 saturated carbocycles. The van der Waals surface area contributed by atoms with Crippen LogP contribution in [-0.2, 0) is 6.42 Å². The van der Waals surface area contributed by atoms with Gasteiger partial charge in [0.2, 0.25) is 0 Å². The Labute approximate surface area is 83.0 Å². The Morgan fingerprint density at radius 3 is 2.23 bits per heavy atom. The van der Waals surface area contributed by atoms with Crippen molar-refractivity contribution in [3.05, 3.63) is 35.9 Å². The van der Waals surface area contributed by atoms with Crippen LogP contribution in [0.25, 0.3) is 0 Å². The molecule has 0 N–H and O–H groups in total. The van der Waals surface area contributed by atoms with Gasteiger partial charge in [-0.15, -0.1) is 0 Å². The molecule has 0 saturated heterocycles. The summed E-state index contributed by atoms with van der Waals surface area (Å²) in [5.74, 6) is 0.841. The lowest BCUT2D eigenvalue weighted by Gasteiger charge is -2.03. The van der Waals surface area contributed by atoms with Gasteiger partial charge in [-0.2, -0.15) is 0 Å². The molecule has 0 spiro atoms. The number of hydrogen-bond acceptors (Lipinski definition) is 0. The van der Waals surface area contributed by atoms with Crippen LogP contribution in [0.3, 0.4) is 0 Å². The Morgan fingerprint density at radius 1 is 1.08 bits per heavy atom. The molecule has 0 fully saturated rings. The highest BCUT2D eigenvalue weighted by molar-refractivity contribution is 5.14. The van der Waals surface area contributed by atoms with Crippen molar-refractivity contribution < 1.29 is 0 Å². The normalized spacial score (nSPS) is 9.77. The minimum absolute atomic E-state index is 0. The molecule has 1 rings (SSSR count). The standard InChI is InChI=1S/C12H18.CH4/c1-11(2)7-6-10-12-8-4-3-5-9-12;/h3-5,8-9,11H,6-7,10H2,1-2H3;1H4. The molecule has 0 nitrogen and oxygen atoms in total. The summed E-state index contributed by atoms with van der Waals surface area (Å²) in [7, 11) is 0. The van der Waals surface area contributed by atoms with Crippen molar-refractivity contribution in [2.45, 2.75) is 40.5 Å². The van der Waals surface area contributed by atoms with Crippen molar-refractivity contribution in [1.29, 1.82) is 0 Å². The number of aryl methyl sites for hydroxylation is 1. The lowest BCUT2D eigenvalue weighted by atomic mass is 10.0. The van der Waals surface area contributed by atoms with E-state index in [1.165, 1.54) is 24.8 Å². The second-order valence-corrected chi connectivity index (χ2v) is 3.77. The topological polar surface area (TPSA) is 0 Å². The maximum atomic E-state index is 2.28. The molecule has 1 aromatic carbocycles. The second-order valence-electron chi connectivity index (χ2n) is 3.77. The van der Waals surface area contributed by atoms with Gasteiger partial charge in [-0.25, -0.2) is 0 Å². The second kappa shape index (κ2) is 6.71. The van der Waals surface area contributed by atoms with Crippen LogP contribution in [-0.4, -0.2) is 0 Å². The first-order valence-electron chi connectivity index (χ1n) is 4.83. The quantitative estimate of drug-likeness (QED) is 0.644. The van der Waals surface area contributed by atoms with Crippen LogP contribution >= 0.6 is 0 Å². The number of rotatable bonds is 4. The molecule has 0 aliphatic rings. The van der Waals surface area contributed by atoms with Gasteiger partial charge >= 0.3 is 0 Å². The van der Waals surface area contributed by atoms with E-state index in [1.54, 1.807) is 0 Å². The molecule has 1 aromatic rings. The maximum absolute atomic E-state index is 2.28. The summed E-state index contributed by atoms with van der Waals surface area (Å²) < 4.78 is 0. The largest absolute Gasteiger partial charge is 0.0776 e. The highest BCUT2D eigenvalue weighted by atomic mass is 14.0. The van der Waals surface area contributed by atoms with Crippen LogP contribution in [0.2, 0.25) is 0 Å². The van der Waals surface area contributed by atoms with Gasteiger partial charge in [0.05, 0.1) is 0 Å². The molecule has 0 unspecified atom stereocenters. The van der Waals surface area contributed by atoms with E-state index >= 15 is 0 Å². The smallest absolute Gasteiger partial charge is 0.0279 e. The summed E-state index contributed by atoms with van der Waals surface area (Å²) in [5, 5.41) is 0. The van der Waals surface area contributed by atoms with Crippen LogP contribution in [0.1, 0.15) is 39.7 Å². The van der Waals surface area contributed by atoms with E-state index in [4.69, 9.17) is 0 Å². The van der Waals surface area contributed by atoms with Crippen molar-refractivity contribution in [3.63, 3.8) is 0 Å². The molecular weight excluding hydrogens is 156 g/mol. The predicted molar refractivity (Wildman–Crippen MR) is 60.9 cm³/mol. The van der Waals surface area contributed by atoms with Gasteiger partial charge in [-0.05, 0) is 24.3 Å². The van der Waals surface area contributed by atoms with Gasteiger partial charge < -0.3 is 0 Å². The molecule has 0 heteroatoms. The summed E-state index contributed by atoms with van der Waals surface area (Å²) in [6.07, 6.45) is 3.90. The van der Waals surface area contributed by atoms with Gasteiger partial charge in [0.25, 0.3) is 0 Å². The first kappa shape index (κ1) is 12.2. The molecule has 0 aromatic heterocycles.